The van der Waals surface area contributed by atoms with E-state index >= 15 is 0 Å². The number of aryl methyl sites for hydroxylation is 1. The molecule has 1 atom stereocenters. The number of nitrogens with one attached hydrogen (secondary N) is 1. The minimum absolute atomic E-state index is 0.495. The summed E-state index contributed by atoms with van der Waals surface area (Å²) in [5.41, 5.74) is 2.82. The maximum absolute atomic E-state index is 13.4. The van der Waals surface area contributed by atoms with Gasteiger partial charge in [0.25, 0.3) is 0 Å². The Bertz CT molecular complexity index is 738. The predicted molar refractivity (Wildman–Crippen MR) is 94.8 cm³/mol. The molecule has 0 amide bonds. The van der Waals surface area contributed by atoms with Crippen LogP contribution in [0.2, 0.25) is 5.02 Å². The topological polar surface area (TPSA) is 41.6 Å². The van der Waals surface area contributed by atoms with E-state index in [0.29, 0.717) is 24.7 Å². The van der Waals surface area contributed by atoms with Crippen molar-refractivity contribution in [3.05, 3.63) is 64.7 Å². The molecule has 2 aromatic carbocycles. The molecular weight excluding hydrogens is 331 g/mol. The molecule has 1 aliphatic heterocycles. The lowest BCUT2D eigenvalue weighted by Gasteiger charge is -2.35. The summed E-state index contributed by atoms with van der Waals surface area (Å²) >= 11 is 6.24. The zero-order valence-electron chi connectivity index (χ0n) is 13.0. The molecular formula is C17H20ClN2O2P. The summed E-state index contributed by atoms with van der Waals surface area (Å²) in [5.74, 6) is 0. The fourth-order valence-corrected chi connectivity index (χ4v) is 4.84. The molecule has 0 aliphatic carbocycles. The van der Waals surface area contributed by atoms with E-state index in [1.54, 1.807) is 0 Å². The van der Waals surface area contributed by atoms with E-state index in [-0.39, 0.29) is 0 Å². The van der Waals surface area contributed by atoms with E-state index in [1.807, 2.05) is 60.1 Å². The first-order valence-corrected chi connectivity index (χ1v) is 9.61. The van der Waals surface area contributed by atoms with Crippen molar-refractivity contribution in [2.75, 3.05) is 18.2 Å². The Hall–Kier alpha value is -1.32. The SMILES string of the molecule is Cc1ccccc1NP1(=O)OCCCN1Cc1ccccc1Cl. The molecule has 122 valence electrons. The number of rotatable bonds is 4. The number of nitrogens with zero attached hydrogens (tertiary/aromatic N) is 1. The summed E-state index contributed by atoms with van der Waals surface area (Å²) in [4.78, 5) is 0. The van der Waals surface area contributed by atoms with Gasteiger partial charge in [0.1, 0.15) is 0 Å². The highest BCUT2D eigenvalue weighted by atomic mass is 35.5. The van der Waals surface area contributed by atoms with E-state index in [2.05, 4.69) is 5.09 Å². The van der Waals surface area contributed by atoms with E-state index in [4.69, 9.17) is 16.1 Å². The summed E-state index contributed by atoms with van der Waals surface area (Å²) in [6, 6.07) is 15.4. The van der Waals surface area contributed by atoms with Crippen LogP contribution in [-0.2, 0) is 15.6 Å². The maximum atomic E-state index is 13.4. The molecule has 0 bridgehead atoms. The van der Waals surface area contributed by atoms with Crippen molar-refractivity contribution in [3.63, 3.8) is 0 Å². The predicted octanol–water partition coefficient (Wildman–Crippen LogP) is 5.09. The van der Waals surface area contributed by atoms with Crippen LogP contribution >= 0.6 is 19.3 Å². The molecule has 0 spiro atoms. The molecule has 4 nitrogen and oxygen atoms in total. The average molecular weight is 351 g/mol. The summed E-state index contributed by atoms with van der Waals surface area (Å²) in [7, 11) is -3.13. The van der Waals surface area contributed by atoms with Crippen LogP contribution in [0.3, 0.4) is 0 Å². The van der Waals surface area contributed by atoms with Crippen molar-refractivity contribution in [2.45, 2.75) is 19.9 Å². The molecule has 1 unspecified atom stereocenters. The van der Waals surface area contributed by atoms with Crippen LogP contribution in [0.4, 0.5) is 5.69 Å². The molecule has 0 radical (unpaired) electrons. The van der Waals surface area contributed by atoms with Crippen LogP contribution in [0.15, 0.2) is 48.5 Å². The van der Waals surface area contributed by atoms with Crippen molar-refractivity contribution in [3.8, 4) is 0 Å². The molecule has 1 saturated heterocycles. The lowest BCUT2D eigenvalue weighted by atomic mass is 10.2. The highest BCUT2D eigenvalue weighted by molar-refractivity contribution is 7.58. The van der Waals surface area contributed by atoms with Crippen LogP contribution in [0, 0.1) is 6.92 Å². The van der Waals surface area contributed by atoms with Gasteiger partial charge in [0.2, 0.25) is 0 Å². The second-order valence-corrected chi connectivity index (χ2v) is 8.11. The average Bonchev–Trinajstić information content (AvgIpc) is 2.54. The molecule has 1 heterocycles. The van der Waals surface area contributed by atoms with Crippen molar-refractivity contribution < 1.29 is 9.09 Å². The lowest BCUT2D eigenvalue weighted by Crippen LogP contribution is -2.31. The summed E-state index contributed by atoms with van der Waals surface area (Å²) in [6.45, 7) is 3.68. The molecule has 0 aromatic heterocycles. The van der Waals surface area contributed by atoms with Crippen LogP contribution in [-0.4, -0.2) is 17.8 Å². The molecule has 1 aliphatic rings. The van der Waals surface area contributed by atoms with Gasteiger partial charge in [-0.2, -0.15) is 0 Å². The first-order chi connectivity index (χ1) is 11.1. The summed E-state index contributed by atoms with van der Waals surface area (Å²) in [6.07, 6.45) is 0.851. The first-order valence-electron chi connectivity index (χ1n) is 7.66. The summed E-state index contributed by atoms with van der Waals surface area (Å²) < 4.78 is 20.9. The largest absolute Gasteiger partial charge is 0.368 e. The van der Waals surface area contributed by atoms with Gasteiger partial charge >= 0.3 is 7.67 Å². The van der Waals surface area contributed by atoms with Gasteiger partial charge in [-0.1, -0.05) is 48.0 Å². The molecule has 6 heteroatoms. The number of hydrogen-bond donors (Lipinski definition) is 1. The molecule has 0 saturated carbocycles. The van der Waals surface area contributed by atoms with Gasteiger partial charge in [0.05, 0.1) is 6.61 Å². The fourth-order valence-electron chi connectivity index (χ4n) is 2.60. The maximum Gasteiger partial charge on any atom is 0.368 e. The van der Waals surface area contributed by atoms with Crippen LogP contribution < -0.4 is 5.09 Å². The van der Waals surface area contributed by atoms with Gasteiger partial charge in [-0.3, -0.25) is 0 Å². The Morgan fingerprint density at radius 1 is 1.22 bits per heavy atom. The van der Waals surface area contributed by atoms with E-state index in [9.17, 15) is 4.57 Å². The number of hydrogen-bond acceptors (Lipinski definition) is 2. The molecule has 1 N–H and O–H groups in total. The smallest absolute Gasteiger partial charge is 0.303 e. The van der Waals surface area contributed by atoms with Gasteiger partial charge in [0.15, 0.2) is 0 Å². The zero-order valence-corrected chi connectivity index (χ0v) is 14.7. The fraction of sp³-hybridized carbons (Fsp3) is 0.294. The van der Waals surface area contributed by atoms with Gasteiger partial charge in [0, 0.05) is 23.8 Å². The van der Waals surface area contributed by atoms with Gasteiger partial charge in [-0.15, -0.1) is 0 Å². The van der Waals surface area contributed by atoms with Crippen LogP contribution in [0.5, 0.6) is 0 Å². The van der Waals surface area contributed by atoms with Crippen molar-refractivity contribution >= 4 is 25.0 Å². The minimum atomic E-state index is -3.13. The standard InChI is InChI=1S/C17H20ClN2O2P/c1-14-7-2-5-10-17(14)19-23(21)20(11-6-12-22-23)13-15-8-3-4-9-16(15)18/h2-5,7-10H,6,11-13H2,1H3,(H,19,21). The van der Waals surface area contributed by atoms with Gasteiger partial charge in [-0.05, 0) is 36.6 Å². The van der Waals surface area contributed by atoms with E-state index in [1.165, 1.54) is 0 Å². The quantitative estimate of drug-likeness (QED) is 0.780. The Kier molecular flexibility index (Phi) is 5.08. The second kappa shape index (κ2) is 7.06. The van der Waals surface area contributed by atoms with Crippen LogP contribution in [0.1, 0.15) is 17.5 Å². The third-order valence-corrected chi connectivity index (χ3v) is 6.43. The Balaban J connectivity index is 1.84. The zero-order chi connectivity index (χ0) is 16.3. The highest BCUT2D eigenvalue weighted by Crippen LogP contribution is 2.54. The Morgan fingerprint density at radius 3 is 2.74 bits per heavy atom. The number of benzene rings is 2. The highest BCUT2D eigenvalue weighted by Gasteiger charge is 2.35. The second-order valence-electron chi connectivity index (χ2n) is 5.61. The number of halogens is 1. The van der Waals surface area contributed by atoms with Gasteiger partial charge in [-0.25, -0.2) is 9.24 Å². The third kappa shape index (κ3) is 3.78. The molecule has 23 heavy (non-hydrogen) atoms. The van der Waals surface area contributed by atoms with E-state index in [0.717, 1.165) is 23.2 Å². The first kappa shape index (κ1) is 16.5. The Morgan fingerprint density at radius 2 is 1.96 bits per heavy atom. The summed E-state index contributed by atoms with van der Waals surface area (Å²) in [5, 5.41) is 3.81. The van der Waals surface area contributed by atoms with Gasteiger partial charge < -0.3 is 9.61 Å². The minimum Gasteiger partial charge on any atom is -0.303 e. The van der Waals surface area contributed by atoms with E-state index < -0.39 is 7.67 Å². The number of para-hydroxylation sites is 1. The lowest BCUT2D eigenvalue weighted by molar-refractivity contribution is 0.206. The van der Waals surface area contributed by atoms with Crippen LogP contribution in [0.25, 0.3) is 0 Å². The molecule has 1 fully saturated rings. The Labute approximate surface area is 142 Å². The molecule has 2 aromatic rings. The van der Waals surface area contributed by atoms with Crippen molar-refractivity contribution in [1.82, 2.24) is 4.67 Å². The molecule has 3 rings (SSSR count). The normalized spacial score (nSPS) is 22.0. The van der Waals surface area contributed by atoms with Crippen molar-refractivity contribution in [1.29, 1.82) is 0 Å². The monoisotopic (exact) mass is 350 g/mol. The number of anilines is 1. The van der Waals surface area contributed by atoms with Crippen molar-refractivity contribution in [2.24, 2.45) is 0 Å². The third-order valence-electron chi connectivity index (χ3n) is 3.92.